The van der Waals surface area contributed by atoms with Crippen LogP contribution < -0.4 is 10.6 Å². The molecule has 4 fully saturated rings. The molecule has 25 heavy (non-hydrogen) atoms. The molecule has 0 heterocycles. The van der Waals surface area contributed by atoms with Crippen LogP contribution in [0.1, 0.15) is 62.2 Å². The van der Waals surface area contributed by atoms with Crippen molar-refractivity contribution in [3.05, 3.63) is 29.8 Å². The highest BCUT2D eigenvalue weighted by Crippen LogP contribution is 2.60. The van der Waals surface area contributed by atoms with Gasteiger partial charge in [-0.1, -0.05) is 13.0 Å². The summed E-state index contributed by atoms with van der Waals surface area (Å²) >= 11 is 0. The number of rotatable bonds is 5. The molecule has 134 valence electrons. The highest BCUT2D eigenvalue weighted by atomic mass is 16.2. The van der Waals surface area contributed by atoms with Crippen molar-refractivity contribution in [1.82, 2.24) is 5.32 Å². The van der Waals surface area contributed by atoms with Crippen molar-refractivity contribution in [2.75, 3.05) is 11.9 Å². The van der Waals surface area contributed by atoms with Crippen LogP contribution in [0.15, 0.2) is 24.3 Å². The molecule has 1 aromatic rings. The zero-order valence-corrected chi connectivity index (χ0v) is 15.0. The molecule has 0 saturated heterocycles. The Morgan fingerprint density at radius 2 is 1.72 bits per heavy atom. The maximum Gasteiger partial charge on any atom is 0.251 e. The summed E-state index contributed by atoms with van der Waals surface area (Å²) in [6.45, 7) is 2.70. The molecule has 4 bridgehead atoms. The van der Waals surface area contributed by atoms with Gasteiger partial charge in [-0.2, -0.15) is 0 Å². The Morgan fingerprint density at radius 3 is 2.32 bits per heavy atom. The van der Waals surface area contributed by atoms with Gasteiger partial charge >= 0.3 is 0 Å². The van der Waals surface area contributed by atoms with Gasteiger partial charge in [0.05, 0.1) is 5.41 Å². The van der Waals surface area contributed by atoms with Crippen LogP contribution in [0.4, 0.5) is 5.69 Å². The van der Waals surface area contributed by atoms with Crippen LogP contribution in [0.2, 0.25) is 0 Å². The van der Waals surface area contributed by atoms with Gasteiger partial charge in [0.25, 0.3) is 5.91 Å². The molecule has 4 aliphatic rings. The van der Waals surface area contributed by atoms with Gasteiger partial charge in [-0.05, 0) is 80.9 Å². The second-order valence-corrected chi connectivity index (χ2v) is 8.49. The largest absolute Gasteiger partial charge is 0.352 e. The molecule has 0 spiro atoms. The lowest BCUT2D eigenvalue weighted by molar-refractivity contribution is -0.140. The van der Waals surface area contributed by atoms with Gasteiger partial charge in [-0.3, -0.25) is 9.59 Å². The predicted octanol–water partition coefficient (Wildman–Crippen LogP) is 3.98. The minimum absolute atomic E-state index is 0.0762. The fourth-order valence-corrected chi connectivity index (χ4v) is 5.73. The van der Waals surface area contributed by atoms with Crippen molar-refractivity contribution in [3.63, 3.8) is 0 Å². The van der Waals surface area contributed by atoms with Crippen LogP contribution >= 0.6 is 0 Å². The Kier molecular flexibility index (Phi) is 4.30. The molecular formula is C21H28N2O2. The first-order valence-electron chi connectivity index (χ1n) is 9.78. The molecule has 0 radical (unpaired) electrons. The minimum Gasteiger partial charge on any atom is -0.352 e. The molecule has 0 unspecified atom stereocenters. The normalized spacial score (nSPS) is 32.4. The van der Waals surface area contributed by atoms with E-state index in [1.165, 1.54) is 19.3 Å². The molecule has 4 heteroatoms. The molecule has 4 nitrogen and oxygen atoms in total. The van der Waals surface area contributed by atoms with Crippen LogP contribution in [0, 0.1) is 23.2 Å². The maximum atomic E-state index is 13.1. The highest BCUT2D eigenvalue weighted by molar-refractivity contribution is 5.99. The summed E-state index contributed by atoms with van der Waals surface area (Å²) in [6.07, 6.45) is 8.08. The Labute approximate surface area is 149 Å². The lowest BCUT2D eigenvalue weighted by atomic mass is 9.49. The van der Waals surface area contributed by atoms with Gasteiger partial charge in [0.2, 0.25) is 5.91 Å². The first-order valence-corrected chi connectivity index (χ1v) is 9.78. The number of anilines is 1. The molecule has 5 rings (SSSR count). The summed E-state index contributed by atoms with van der Waals surface area (Å²) in [5.74, 6) is 2.36. The third-order valence-electron chi connectivity index (χ3n) is 6.44. The van der Waals surface area contributed by atoms with E-state index in [2.05, 4.69) is 10.6 Å². The smallest absolute Gasteiger partial charge is 0.251 e. The van der Waals surface area contributed by atoms with Crippen molar-refractivity contribution in [2.45, 2.75) is 51.9 Å². The number of carbonyl (C=O) groups excluding carboxylic acids is 2. The van der Waals surface area contributed by atoms with Crippen LogP contribution in [-0.2, 0) is 4.79 Å². The van der Waals surface area contributed by atoms with E-state index in [0.717, 1.165) is 49.1 Å². The topological polar surface area (TPSA) is 58.2 Å². The molecule has 2 N–H and O–H groups in total. The van der Waals surface area contributed by atoms with E-state index in [1.807, 2.05) is 19.1 Å². The fraction of sp³-hybridized carbons (Fsp3) is 0.619. The Balaban J connectivity index is 1.47. The second kappa shape index (κ2) is 6.47. The zero-order chi connectivity index (χ0) is 17.4. The quantitative estimate of drug-likeness (QED) is 0.852. The Morgan fingerprint density at radius 1 is 1.08 bits per heavy atom. The van der Waals surface area contributed by atoms with Crippen molar-refractivity contribution in [3.8, 4) is 0 Å². The molecule has 0 aliphatic heterocycles. The monoisotopic (exact) mass is 340 g/mol. The first-order chi connectivity index (χ1) is 12.1. The molecule has 2 amide bonds. The van der Waals surface area contributed by atoms with Gasteiger partial charge in [0.1, 0.15) is 0 Å². The number of amides is 2. The number of benzene rings is 1. The Bertz CT molecular complexity index is 647. The molecule has 0 atom stereocenters. The van der Waals surface area contributed by atoms with Crippen molar-refractivity contribution in [2.24, 2.45) is 23.2 Å². The Hall–Kier alpha value is -1.84. The summed E-state index contributed by atoms with van der Waals surface area (Å²) in [5, 5.41) is 6.02. The average Bonchev–Trinajstić information content (AvgIpc) is 2.58. The average molecular weight is 340 g/mol. The van der Waals surface area contributed by atoms with E-state index in [-0.39, 0.29) is 17.2 Å². The summed E-state index contributed by atoms with van der Waals surface area (Å²) in [5.41, 5.74) is 1.19. The SMILES string of the molecule is CCCNC(=O)c1cccc(NC(=O)C23CC4CC(CC(C4)C2)C3)c1. The number of hydrogen-bond acceptors (Lipinski definition) is 2. The van der Waals surface area contributed by atoms with Gasteiger partial charge in [-0.25, -0.2) is 0 Å². The fourth-order valence-electron chi connectivity index (χ4n) is 5.73. The van der Waals surface area contributed by atoms with Gasteiger partial charge in [0.15, 0.2) is 0 Å². The molecule has 1 aromatic carbocycles. The van der Waals surface area contributed by atoms with Gasteiger partial charge in [-0.15, -0.1) is 0 Å². The molecule has 4 aliphatic carbocycles. The molecule has 4 saturated carbocycles. The standard InChI is InChI=1S/C21H28N2O2/c1-2-6-22-19(24)17-4-3-5-18(10-17)23-20(25)21-11-14-7-15(12-21)9-16(8-14)13-21/h3-5,10,14-16H,2,6-9,11-13H2,1H3,(H,22,24)(H,23,25). The number of nitrogens with one attached hydrogen (secondary N) is 2. The first kappa shape index (κ1) is 16.6. The minimum atomic E-state index is -0.158. The zero-order valence-electron chi connectivity index (χ0n) is 15.0. The lowest BCUT2D eigenvalue weighted by Gasteiger charge is -2.55. The van der Waals surface area contributed by atoms with Crippen molar-refractivity contribution < 1.29 is 9.59 Å². The molecular weight excluding hydrogens is 312 g/mol. The summed E-state index contributed by atoms with van der Waals surface area (Å²) in [7, 11) is 0. The van der Waals surface area contributed by atoms with E-state index >= 15 is 0 Å². The maximum absolute atomic E-state index is 13.1. The van der Waals surface area contributed by atoms with Crippen molar-refractivity contribution in [1.29, 1.82) is 0 Å². The second-order valence-electron chi connectivity index (χ2n) is 8.49. The van der Waals surface area contributed by atoms with Crippen molar-refractivity contribution >= 4 is 17.5 Å². The predicted molar refractivity (Wildman–Crippen MR) is 98.3 cm³/mol. The summed E-state index contributed by atoms with van der Waals surface area (Å²) in [6, 6.07) is 7.32. The van der Waals surface area contributed by atoms with E-state index in [9.17, 15) is 9.59 Å². The number of carbonyl (C=O) groups is 2. The lowest BCUT2D eigenvalue weighted by Crippen LogP contribution is -2.51. The van der Waals surface area contributed by atoms with Gasteiger partial charge < -0.3 is 10.6 Å². The van der Waals surface area contributed by atoms with Crippen LogP contribution in [-0.4, -0.2) is 18.4 Å². The molecule has 0 aromatic heterocycles. The third-order valence-corrected chi connectivity index (χ3v) is 6.44. The van der Waals surface area contributed by atoms with Crippen LogP contribution in [0.5, 0.6) is 0 Å². The summed E-state index contributed by atoms with van der Waals surface area (Å²) in [4.78, 5) is 25.2. The van der Waals surface area contributed by atoms with Gasteiger partial charge in [0, 0.05) is 17.8 Å². The third kappa shape index (κ3) is 3.19. The van der Waals surface area contributed by atoms with E-state index in [0.29, 0.717) is 12.1 Å². The van der Waals surface area contributed by atoms with Crippen LogP contribution in [0.25, 0.3) is 0 Å². The van der Waals surface area contributed by atoms with Crippen LogP contribution in [0.3, 0.4) is 0 Å². The van der Waals surface area contributed by atoms with E-state index < -0.39 is 0 Å². The highest BCUT2D eigenvalue weighted by Gasteiger charge is 2.54. The van der Waals surface area contributed by atoms with E-state index in [4.69, 9.17) is 0 Å². The summed E-state index contributed by atoms with van der Waals surface area (Å²) < 4.78 is 0. The van der Waals surface area contributed by atoms with E-state index in [1.54, 1.807) is 12.1 Å². The number of hydrogen-bond donors (Lipinski definition) is 2.